The van der Waals surface area contributed by atoms with E-state index < -0.39 is 0 Å². The second-order valence-corrected chi connectivity index (χ2v) is 8.73. The van der Waals surface area contributed by atoms with Gasteiger partial charge in [0.1, 0.15) is 34.8 Å². The van der Waals surface area contributed by atoms with Gasteiger partial charge in [0.2, 0.25) is 0 Å². The second-order valence-electron chi connectivity index (χ2n) is 7.70. The number of nitriles is 2. The Morgan fingerprint density at radius 3 is 1.50 bits per heavy atom. The highest BCUT2D eigenvalue weighted by Gasteiger charge is 2.15. The van der Waals surface area contributed by atoms with E-state index in [2.05, 4.69) is 50.9 Å². The maximum Gasteiger partial charge on any atom is 0.144 e. The number of hydrogen-bond acceptors (Lipinski definition) is 6. The fraction of sp³-hybridized carbons (Fsp3) is 0.0833. The highest BCUT2D eigenvalue weighted by Crippen LogP contribution is 2.33. The Morgan fingerprint density at radius 1 is 0.706 bits per heavy atom. The van der Waals surface area contributed by atoms with Crippen LogP contribution in [0.2, 0.25) is 0 Å². The molecule has 34 heavy (non-hydrogen) atoms. The van der Waals surface area contributed by atoms with Crippen molar-refractivity contribution in [1.82, 2.24) is 28.6 Å². The molecular weight excluding hydrogens is 462 g/mol. The van der Waals surface area contributed by atoms with Crippen molar-refractivity contribution in [2.75, 3.05) is 0 Å². The number of aromatic nitrogens is 6. The van der Waals surface area contributed by atoms with E-state index in [9.17, 15) is 0 Å². The molecule has 2 unspecified atom stereocenters. The van der Waals surface area contributed by atoms with Crippen LogP contribution in [0, 0.1) is 36.5 Å². The van der Waals surface area contributed by atoms with Gasteiger partial charge in [-0.1, -0.05) is 0 Å². The Labute approximate surface area is 199 Å². The Bertz CT molecular complexity index is 1700. The number of rotatable bonds is 0. The molecule has 0 aliphatic rings. The molecule has 0 aliphatic heterocycles. The molecule has 8 nitrogen and oxygen atoms in total. The van der Waals surface area contributed by atoms with Crippen LogP contribution in [0.5, 0.6) is 0 Å². The van der Waals surface area contributed by atoms with Crippen LogP contribution in [0.1, 0.15) is 22.5 Å². The third-order valence-electron chi connectivity index (χ3n) is 5.90. The van der Waals surface area contributed by atoms with Gasteiger partial charge in [-0.15, -0.1) is 0 Å². The third kappa shape index (κ3) is 3.20. The lowest BCUT2D eigenvalue weighted by Gasteiger charge is -1.99. The van der Waals surface area contributed by atoms with Gasteiger partial charge < -0.3 is 8.68 Å². The maximum absolute atomic E-state index is 9.02. The Balaban J connectivity index is 0.000000142. The molecule has 0 radical (unpaired) electrons. The minimum Gasteiger partial charge on any atom is -0.308 e. The van der Waals surface area contributed by atoms with Gasteiger partial charge in [0.15, 0.2) is 0 Å². The van der Waals surface area contributed by atoms with Crippen LogP contribution in [0.4, 0.5) is 0 Å². The lowest BCUT2D eigenvalue weighted by atomic mass is 10.1. The van der Waals surface area contributed by atoms with Gasteiger partial charge in [-0.05, 0) is 68.0 Å². The van der Waals surface area contributed by atoms with Crippen molar-refractivity contribution in [3.05, 3.63) is 71.6 Å². The van der Waals surface area contributed by atoms with Crippen LogP contribution in [-0.4, -0.2) is 28.6 Å². The summed E-state index contributed by atoms with van der Waals surface area (Å²) >= 11 is 0. The molecular formula is C24H18N8P2. The van der Waals surface area contributed by atoms with E-state index in [0.717, 1.165) is 55.0 Å². The predicted molar refractivity (Wildman–Crippen MR) is 139 cm³/mol. The van der Waals surface area contributed by atoms with Crippen LogP contribution in [-0.2, 0) is 0 Å². The summed E-state index contributed by atoms with van der Waals surface area (Å²) in [5.74, 6) is 0. The number of nitrogens with zero attached hydrogens (tertiary/aromatic N) is 8. The van der Waals surface area contributed by atoms with E-state index in [1.165, 1.54) is 0 Å². The fourth-order valence-electron chi connectivity index (χ4n) is 4.26. The quantitative estimate of drug-likeness (QED) is 0.289. The van der Waals surface area contributed by atoms with Crippen molar-refractivity contribution in [2.45, 2.75) is 13.8 Å². The molecule has 10 heteroatoms. The molecule has 0 saturated heterocycles. The summed E-state index contributed by atoms with van der Waals surface area (Å²) in [6.07, 6.45) is 6.95. The summed E-state index contributed by atoms with van der Waals surface area (Å²) < 4.78 is 3.84. The van der Waals surface area contributed by atoms with Crippen molar-refractivity contribution in [2.24, 2.45) is 0 Å². The number of fused-ring (bicyclic) bond motifs is 6. The average molecular weight is 480 g/mol. The van der Waals surface area contributed by atoms with E-state index in [4.69, 9.17) is 10.5 Å². The monoisotopic (exact) mass is 480 g/mol. The first-order valence-corrected chi connectivity index (χ1v) is 11.3. The zero-order chi connectivity index (χ0) is 24.0. The molecule has 0 fully saturated rings. The van der Waals surface area contributed by atoms with Crippen molar-refractivity contribution >= 4 is 62.7 Å². The van der Waals surface area contributed by atoms with Gasteiger partial charge >= 0.3 is 0 Å². The number of hydrogen-bond donors (Lipinski definition) is 0. The standard InChI is InChI=1S/2C12H9N4P/c2*1-7-9(5-13)15-6-10-11(7)8-3-2-4-14-12(8)16(10)17/h2*2-4,6H,17H2,1H3. The molecule has 0 aliphatic carbocycles. The molecule has 6 aromatic heterocycles. The zero-order valence-electron chi connectivity index (χ0n) is 18.4. The normalized spacial score (nSPS) is 10.9. The molecule has 164 valence electrons. The number of aryl methyl sites for hydroxylation is 2. The molecule has 6 rings (SSSR count). The van der Waals surface area contributed by atoms with Gasteiger partial charge in [0.25, 0.3) is 0 Å². The third-order valence-corrected chi connectivity index (χ3v) is 6.95. The van der Waals surface area contributed by atoms with E-state index in [-0.39, 0.29) is 0 Å². The smallest absolute Gasteiger partial charge is 0.144 e. The van der Waals surface area contributed by atoms with E-state index >= 15 is 0 Å². The summed E-state index contributed by atoms with van der Waals surface area (Å²) in [6.45, 7) is 3.84. The van der Waals surface area contributed by atoms with E-state index in [1.54, 1.807) is 24.8 Å². The lowest BCUT2D eigenvalue weighted by molar-refractivity contribution is 1.22. The topological polar surface area (TPSA) is 109 Å². The molecule has 0 bridgehead atoms. The highest BCUT2D eigenvalue weighted by molar-refractivity contribution is 7.15. The minimum atomic E-state index is 0.471. The van der Waals surface area contributed by atoms with Crippen LogP contribution in [0.25, 0.3) is 43.9 Å². The van der Waals surface area contributed by atoms with Gasteiger partial charge in [-0.25, -0.2) is 19.9 Å². The molecule has 0 aromatic carbocycles. The van der Waals surface area contributed by atoms with Crippen LogP contribution >= 0.6 is 18.8 Å². The van der Waals surface area contributed by atoms with Crippen molar-refractivity contribution in [3.8, 4) is 12.1 Å². The molecule has 2 atom stereocenters. The van der Waals surface area contributed by atoms with Gasteiger partial charge in [-0.2, -0.15) is 10.5 Å². The van der Waals surface area contributed by atoms with Gasteiger partial charge in [0, 0.05) is 33.9 Å². The molecule has 0 amide bonds. The largest absolute Gasteiger partial charge is 0.308 e. The first kappa shape index (κ1) is 21.9. The maximum atomic E-state index is 9.02. The zero-order valence-corrected chi connectivity index (χ0v) is 20.7. The highest BCUT2D eigenvalue weighted by atomic mass is 31.0. The first-order chi connectivity index (χ1) is 16.5. The van der Waals surface area contributed by atoms with Gasteiger partial charge in [0.05, 0.1) is 23.4 Å². The van der Waals surface area contributed by atoms with E-state index in [0.29, 0.717) is 11.4 Å². The summed E-state index contributed by atoms with van der Waals surface area (Å²) in [5, 5.41) is 22.2. The van der Waals surface area contributed by atoms with Crippen molar-refractivity contribution < 1.29 is 0 Å². The lowest BCUT2D eigenvalue weighted by Crippen LogP contribution is -1.89. The Hall–Kier alpha value is -3.96. The summed E-state index contributed by atoms with van der Waals surface area (Å²) in [6, 6.07) is 12.1. The van der Waals surface area contributed by atoms with Crippen molar-refractivity contribution in [3.63, 3.8) is 0 Å². The SMILES string of the molecule is Cc1c(C#N)ncc2c1c1cccnc1n2P.Cc1c(C#N)ncc2c1c1cccnc1n2P. The fourth-order valence-corrected chi connectivity index (χ4v) is 5.07. The first-order valence-electron chi connectivity index (χ1n) is 10.3. The van der Waals surface area contributed by atoms with E-state index in [1.807, 2.05) is 46.8 Å². The average Bonchev–Trinajstić information content (AvgIpc) is 3.33. The summed E-state index contributed by atoms with van der Waals surface area (Å²) in [5.41, 5.74) is 6.46. The summed E-state index contributed by atoms with van der Waals surface area (Å²) in [7, 11) is 5.26. The molecule has 0 saturated carbocycles. The van der Waals surface area contributed by atoms with Gasteiger partial charge in [-0.3, -0.25) is 0 Å². The molecule has 0 spiro atoms. The minimum absolute atomic E-state index is 0.471. The van der Waals surface area contributed by atoms with Crippen molar-refractivity contribution in [1.29, 1.82) is 10.5 Å². The summed E-state index contributed by atoms with van der Waals surface area (Å²) in [4.78, 5) is 17.0. The predicted octanol–water partition coefficient (Wildman–Crippen LogP) is 4.81. The Morgan fingerprint density at radius 2 is 1.12 bits per heavy atom. The van der Waals surface area contributed by atoms with Crippen LogP contribution in [0.15, 0.2) is 49.1 Å². The van der Waals surface area contributed by atoms with Crippen LogP contribution in [0.3, 0.4) is 0 Å². The molecule has 6 heterocycles. The van der Waals surface area contributed by atoms with Crippen LogP contribution < -0.4 is 0 Å². The Kier molecular flexibility index (Phi) is 5.42. The number of pyridine rings is 4. The molecule has 0 N–H and O–H groups in total. The molecule has 6 aromatic rings. The second kappa shape index (κ2) is 8.43.